The van der Waals surface area contributed by atoms with E-state index >= 15 is 0 Å². The van der Waals surface area contributed by atoms with E-state index in [0.717, 1.165) is 3.57 Å². The van der Waals surface area contributed by atoms with Gasteiger partial charge >= 0.3 is 6.18 Å². The standard InChI is InChI=1S/C10H11ClF3IN2/c11-7-5-6(1-2-8(7)15)9(17-16)3-4-10(12,13)14/h1-2,5,9,17H,3-4,16H2. The van der Waals surface area contributed by atoms with Crippen molar-refractivity contribution in [1.29, 1.82) is 0 Å². The van der Waals surface area contributed by atoms with Crippen LogP contribution in [0.25, 0.3) is 0 Å². The largest absolute Gasteiger partial charge is 0.389 e. The highest BCUT2D eigenvalue weighted by molar-refractivity contribution is 14.1. The van der Waals surface area contributed by atoms with E-state index in [2.05, 4.69) is 5.43 Å². The van der Waals surface area contributed by atoms with Gasteiger partial charge in [0.1, 0.15) is 0 Å². The van der Waals surface area contributed by atoms with E-state index in [9.17, 15) is 13.2 Å². The van der Waals surface area contributed by atoms with Crippen LogP contribution in [0.4, 0.5) is 13.2 Å². The smallest absolute Gasteiger partial charge is 0.271 e. The van der Waals surface area contributed by atoms with Crippen LogP contribution >= 0.6 is 34.2 Å². The fourth-order valence-corrected chi connectivity index (χ4v) is 1.91. The van der Waals surface area contributed by atoms with Crippen LogP contribution < -0.4 is 11.3 Å². The van der Waals surface area contributed by atoms with Crippen molar-refractivity contribution in [3.63, 3.8) is 0 Å². The zero-order chi connectivity index (χ0) is 13.1. The second kappa shape index (κ2) is 6.21. The highest BCUT2D eigenvalue weighted by Crippen LogP contribution is 2.29. The van der Waals surface area contributed by atoms with Crippen LogP contribution in [0.1, 0.15) is 24.4 Å². The van der Waals surface area contributed by atoms with Gasteiger partial charge in [-0.25, -0.2) is 0 Å². The molecule has 0 aromatic heterocycles. The van der Waals surface area contributed by atoms with Crippen molar-refractivity contribution in [3.8, 4) is 0 Å². The van der Waals surface area contributed by atoms with Crippen LogP contribution in [-0.4, -0.2) is 6.18 Å². The molecule has 0 radical (unpaired) electrons. The minimum absolute atomic E-state index is 0.114. The second-order valence-corrected chi connectivity index (χ2v) is 5.12. The first-order valence-corrected chi connectivity index (χ1v) is 6.27. The first-order valence-electron chi connectivity index (χ1n) is 4.81. The van der Waals surface area contributed by atoms with Crippen molar-refractivity contribution in [2.24, 2.45) is 5.84 Å². The molecule has 3 N–H and O–H groups in total. The van der Waals surface area contributed by atoms with Gasteiger partial charge in [0.2, 0.25) is 0 Å². The molecular weight excluding hydrogens is 367 g/mol. The monoisotopic (exact) mass is 378 g/mol. The Labute approximate surface area is 116 Å². The highest BCUT2D eigenvalue weighted by atomic mass is 127. The van der Waals surface area contributed by atoms with Gasteiger partial charge in [-0.15, -0.1) is 0 Å². The summed E-state index contributed by atoms with van der Waals surface area (Å²) in [5.74, 6) is 5.26. The lowest BCUT2D eigenvalue weighted by Gasteiger charge is -2.17. The van der Waals surface area contributed by atoms with Crippen LogP contribution in [-0.2, 0) is 0 Å². The molecule has 1 rings (SSSR count). The first kappa shape index (κ1) is 15.0. The third-order valence-corrected chi connectivity index (χ3v) is 3.84. The van der Waals surface area contributed by atoms with E-state index in [1.807, 2.05) is 22.6 Å². The van der Waals surface area contributed by atoms with Crippen molar-refractivity contribution in [2.45, 2.75) is 25.1 Å². The topological polar surface area (TPSA) is 38.0 Å². The predicted octanol–water partition coefficient (Wildman–Crippen LogP) is 3.79. The molecule has 0 saturated heterocycles. The second-order valence-electron chi connectivity index (χ2n) is 3.55. The van der Waals surface area contributed by atoms with Gasteiger partial charge in [-0.3, -0.25) is 11.3 Å². The van der Waals surface area contributed by atoms with Gasteiger partial charge in [0.25, 0.3) is 0 Å². The maximum absolute atomic E-state index is 12.1. The molecule has 17 heavy (non-hydrogen) atoms. The van der Waals surface area contributed by atoms with Crippen LogP contribution in [0, 0.1) is 3.57 Å². The number of benzene rings is 1. The number of hydrazine groups is 1. The molecule has 0 amide bonds. The van der Waals surface area contributed by atoms with E-state index in [1.54, 1.807) is 18.2 Å². The number of nitrogens with one attached hydrogen (secondary N) is 1. The maximum atomic E-state index is 12.1. The Kier molecular flexibility index (Phi) is 5.49. The van der Waals surface area contributed by atoms with Crippen molar-refractivity contribution in [2.75, 3.05) is 0 Å². The lowest BCUT2D eigenvalue weighted by atomic mass is 10.0. The van der Waals surface area contributed by atoms with Crippen molar-refractivity contribution in [3.05, 3.63) is 32.4 Å². The summed E-state index contributed by atoms with van der Waals surface area (Å²) in [7, 11) is 0. The quantitative estimate of drug-likeness (QED) is 0.475. The number of alkyl halides is 3. The minimum Gasteiger partial charge on any atom is -0.271 e. The fraction of sp³-hybridized carbons (Fsp3) is 0.400. The third kappa shape index (κ3) is 4.99. The predicted molar refractivity (Wildman–Crippen MR) is 69.5 cm³/mol. The van der Waals surface area contributed by atoms with Gasteiger partial charge in [0.15, 0.2) is 0 Å². The van der Waals surface area contributed by atoms with Gasteiger partial charge in [-0.2, -0.15) is 13.2 Å². The Morgan fingerprint density at radius 3 is 2.53 bits per heavy atom. The summed E-state index contributed by atoms with van der Waals surface area (Å²) in [6.07, 6.45) is -5.18. The van der Waals surface area contributed by atoms with Crippen LogP contribution in [0.5, 0.6) is 0 Å². The molecule has 7 heteroatoms. The summed E-state index contributed by atoms with van der Waals surface area (Å²) in [5.41, 5.74) is 3.03. The van der Waals surface area contributed by atoms with E-state index in [4.69, 9.17) is 17.4 Å². The van der Waals surface area contributed by atoms with Gasteiger partial charge < -0.3 is 0 Å². The van der Waals surface area contributed by atoms with Crippen LogP contribution in [0.2, 0.25) is 5.02 Å². The fourth-order valence-electron chi connectivity index (χ4n) is 1.38. The number of hydrogen-bond donors (Lipinski definition) is 2. The molecule has 96 valence electrons. The summed E-state index contributed by atoms with van der Waals surface area (Å²) in [6, 6.07) is 4.54. The number of nitrogens with two attached hydrogens (primary N) is 1. The summed E-state index contributed by atoms with van der Waals surface area (Å²) in [4.78, 5) is 0. The molecule has 0 aliphatic carbocycles. The molecule has 0 heterocycles. The van der Waals surface area contributed by atoms with Gasteiger partial charge in [0.05, 0.1) is 5.02 Å². The number of halogens is 5. The zero-order valence-corrected chi connectivity index (χ0v) is 11.6. The zero-order valence-electron chi connectivity index (χ0n) is 8.69. The lowest BCUT2D eigenvalue weighted by molar-refractivity contribution is -0.136. The SMILES string of the molecule is NNC(CCC(F)(F)F)c1ccc(I)c(Cl)c1. The molecule has 0 aliphatic rings. The van der Waals surface area contributed by atoms with Crippen molar-refractivity contribution >= 4 is 34.2 Å². The first-order chi connectivity index (χ1) is 7.83. The van der Waals surface area contributed by atoms with Gasteiger partial charge in [-0.05, 0) is 46.7 Å². The Morgan fingerprint density at radius 1 is 1.41 bits per heavy atom. The van der Waals surface area contributed by atoms with Crippen molar-refractivity contribution in [1.82, 2.24) is 5.43 Å². The number of hydrogen-bond acceptors (Lipinski definition) is 2. The van der Waals surface area contributed by atoms with E-state index in [-0.39, 0.29) is 6.42 Å². The molecule has 0 aliphatic heterocycles. The third-order valence-electron chi connectivity index (χ3n) is 2.26. The molecule has 1 unspecified atom stereocenters. The molecule has 1 aromatic rings. The summed E-state index contributed by atoms with van der Waals surface area (Å²) in [5, 5.41) is 0.510. The van der Waals surface area contributed by atoms with E-state index in [1.165, 1.54) is 0 Å². The van der Waals surface area contributed by atoms with Gasteiger partial charge in [-0.1, -0.05) is 17.7 Å². The normalized spacial score (nSPS) is 13.8. The highest BCUT2D eigenvalue weighted by Gasteiger charge is 2.28. The molecule has 0 fully saturated rings. The Hall–Kier alpha value is -0.0500. The van der Waals surface area contributed by atoms with Crippen molar-refractivity contribution < 1.29 is 13.2 Å². The molecule has 0 bridgehead atoms. The number of rotatable bonds is 4. The Bertz CT molecular complexity index is 384. The molecule has 1 atom stereocenters. The summed E-state index contributed by atoms with van der Waals surface area (Å²) >= 11 is 7.95. The Morgan fingerprint density at radius 2 is 2.06 bits per heavy atom. The average Bonchev–Trinajstić information content (AvgIpc) is 2.22. The maximum Gasteiger partial charge on any atom is 0.389 e. The molecule has 0 spiro atoms. The van der Waals surface area contributed by atoms with Crippen LogP contribution in [0.3, 0.4) is 0 Å². The molecule has 0 saturated carbocycles. The molecule has 2 nitrogen and oxygen atoms in total. The van der Waals surface area contributed by atoms with Gasteiger partial charge in [0, 0.05) is 16.0 Å². The lowest BCUT2D eigenvalue weighted by Crippen LogP contribution is -2.29. The molecular formula is C10H11ClF3IN2. The van der Waals surface area contributed by atoms with E-state index < -0.39 is 18.6 Å². The summed E-state index contributed by atoms with van der Waals surface area (Å²) in [6.45, 7) is 0. The summed E-state index contributed by atoms with van der Waals surface area (Å²) < 4.78 is 37.2. The van der Waals surface area contributed by atoms with E-state index in [0.29, 0.717) is 10.6 Å². The Balaban J connectivity index is 2.76. The average molecular weight is 379 g/mol. The minimum atomic E-state index is -4.18. The molecule has 1 aromatic carbocycles. The van der Waals surface area contributed by atoms with Crippen LogP contribution in [0.15, 0.2) is 18.2 Å².